The molecule has 1 amide bonds. The van der Waals surface area contributed by atoms with E-state index in [4.69, 9.17) is 4.74 Å². The van der Waals surface area contributed by atoms with Crippen LogP contribution in [-0.2, 0) is 11.3 Å². The Labute approximate surface area is 169 Å². The van der Waals surface area contributed by atoms with E-state index >= 15 is 0 Å². The summed E-state index contributed by atoms with van der Waals surface area (Å²) in [5.74, 6) is -0.349. The molecule has 1 aromatic heterocycles. The highest BCUT2D eigenvalue weighted by molar-refractivity contribution is 5.94. The van der Waals surface area contributed by atoms with Gasteiger partial charge in [0.1, 0.15) is 6.61 Å². The summed E-state index contributed by atoms with van der Waals surface area (Å²) in [7, 11) is 0. The van der Waals surface area contributed by atoms with Crippen molar-refractivity contribution in [3.05, 3.63) is 70.5 Å². The molecule has 6 nitrogen and oxygen atoms in total. The normalized spacial score (nSPS) is 13.7. The Morgan fingerprint density at radius 2 is 1.52 bits per heavy atom. The first kappa shape index (κ1) is 19.1. The van der Waals surface area contributed by atoms with Crippen LogP contribution < -0.4 is 0 Å². The van der Waals surface area contributed by atoms with E-state index in [2.05, 4.69) is 9.97 Å². The standard InChI is InChI=1S/C23H23N3O3/c1-15-16(2)25-21-13-19(9-10-20(21)24-15)23(28)29-14-17-5-7-18(8-6-17)22(27)26-11-3-4-12-26/h5-10,13H,3-4,11-12,14H2,1-2H3. The maximum absolute atomic E-state index is 12.4. The van der Waals surface area contributed by atoms with E-state index in [1.807, 2.05) is 30.9 Å². The van der Waals surface area contributed by atoms with Crippen molar-refractivity contribution < 1.29 is 14.3 Å². The third-order valence-electron chi connectivity index (χ3n) is 5.28. The van der Waals surface area contributed by atoms with Crippen molar-refractivity contribution in [1.29, 1.82) is 0 Å². The van der Waals surface area contributed by atoms with Crippen LogP contribution in [0.25, 0.3) is 11.0 Å². The van der Waals surface area contributed by atoms with Gasteiger partial charge in [0.25, 0.3) is 5.91 Å². The maximum Gasteiger partial charge on any atom is 0.338 e. The van der Waals surface area contributed by atoms with Crippen LogP contribution in [0.1, 0.15) is 50.5 Å². The number of carbonyl (C=O) groups is 2. The van der Waals surface area contributed by atoms with Gasteiger partial charge in [-0.1, -0.05) is 12.1 Å². The molecule has 4 rings (SSSR count). The topological polar surface area (TPSA) is 72.4 Å². The molecule has 29 heavy (non-hydrogen) atoms. The monoisotopic (exact) mass is 389 g/mol. The van der Waals surface area contributed by atoms with Crippen molar-refractivity contribution in [2.24, 2.45) is 0 Å². The Bertz CT molecular complexity index is 1070. The highest BCUT2D eigenvalue weighted by Crippen LogP contribution is 2.17. The van der Waals surface area contributed by atoms with E-state index in [9.17, 15) is 9.59 Å². The minimum absolute atomic E-state index is 0.0637. The van der Waals surface area contributed by atoms with Gasteiger partial charge in [-0.2, -0.15) is 0 Å². The van der Waals surface area contributed by atoms with Crippen LogP contribution in [0.15, 0.2) is 42.5 Å². The molecule has 0 atom stereocenters. The predicted molar refractivity (Wildman–Crippen MR) is 110 cm³/mol. The Morgan fingerprint density at radius 3 is 2.21 bits per heavy atom. The zero-order chi connectivity index (χ0) is 20.4. The summed E-state index contributed by atoms with van der Waals surface area (Å²) in [6.45, 7) is 5.60. The number of ether oxygens (including phenoxy) is 1. The van der Waals surface area contributed by atoms with Crippen LogP contribution in [-0.4, -0.2) is 39.8 Å². The summed E-state index contributed by atoms with van der Waals surface area (Å²) in [5.41, 5.74) is 5.08. The molecule has 2 heterocycles. The lowest BCUT2D eigenvalue weighted by atomic mass is 10.1. The Kier molecular flexibility index (Phi) is 5.25. The maximum atomic E-state index is 12.4. The Hall–Kier alpha value is -3.28. The van der Waals surface area contributed by atoms with E-state index in [0.717, 1.165) is 48.4 Å². The molecule has 1 fully saturated rings. The fraction of sp³-hybridized carbons (Fsp3) is 0.304. The van der Waals surface area contributed by atoms with Gasteiger partial charge in [-0.3, -0.25) is 4.79 Å². The zero-order valence-corrected chi connectivity index (χ0v) is 16.6. The fourth-order valence-electron chi connectivity index (χ4n) is 3.44. The van der Waals surface area contributed by atoms with Crippen molar-refractivity contribution >= 4 is 22.9 Å². The highest BCUT2D eigenvalue weighted by Gasteiger charge is 2.19. The first-order chi connectivity index (χ1) is 14.0. The molecule has 0 radical (unpaired) electrons. The second kappa shape index (κ2) is 7.99. The average Bonchev–Trinajstić information content (AvgIpc) is 3.27. The number of benzene rings is 2. The number of rotatable bonds is 4. The summed E-state index contributed by atoms with van der Waals surface area (Å²) in [6.07, 6.45) is 2.14. The van der Waals surface area contributed by atoms with Crippen LogP contribution >= 0.6 is 0 Å². The SMILES string of the molecule is Cc1nc2ccc(C(=O)OCc3ccc(C(=O)N4CCCC4)cc3)cc2nc1C. The third-order valence-corrected chi connectivity index (χ3v) is 5.28. The van der Waals surface area contributed by atoms with Crippen molar-refractivity contribution in [1.82, 2.24) is 14.9 Å². The first-order valence-corrected chi connectivity index (χ1v) is 9.81. The Balaban J connectivity index is 1.41. The van der Waals surface area contributed by atoms with Crippen LogP contribution in [0.5, 0.6) is 0 Å². The second-order valence-electron chi connectivity index (χ2n) is 7.37. The quantitative estimate of drug-likeness (QED) is 0.634. The predicted octanol–water partition coefficient (Wildman–Crippen LogP) is 3.84. The van der Waals surface area contributed by atoms with Gasteiger partial charge in [0.05, 0.1) is 28.0 Å². The van der Waals surface area contributed by atoms with Crippen molar-refractivity contribution in [3.63, 3.8) is 0 Å². The van der Waals surface area contributed by atoms with Crippen LogP contribution in [0, 0.1) is 13.8 Å². The average molecular weight is 389 g/mol. The molecule has 6 heteroatoms. The van der Waals surface area contributed by atoms with Crippen molar-refractivity contribution in [2.45, 2.75) is 33.3 Å². The highest BCUT2D eigenvalue weighted by atomic mass is 16.5. The summed E-state index contributed by atoms with van der Waals surface area (Å²) < 4.78 is 5.43. The lowest BCUT2D eigenvalue weighted by Crippen LogP contribution is -2.27. The number of hydrogen-bond donors (Lipinski definition) is 0. The molecule has 2 aromatic carbocycles. The van der Waals surface area contributed by atoms with Crippen LogP contribution in [0.4, 0.5) is 0 Å². The lowest BCUT2D eigenvalue weighted by molar-refractivity contribution is 0.0472. The van der Waals surface area contributed by atoms with Crippen molar-refractivity contribution in [2.75, 3.05) is 13.1 Å². The van der Waals surface area contributed by atoms with Gasteiger partial charge >= 0.3 is 5.97 Å². The summed E-state index contributed by atoms with van der Waals surface area (Å²) in [4.78, 5) is 35.7. The molecule has 1 aliphatic heterocycles. The number of hydrogen-bond acceptors (Lipinski definition) is 5. The minimum atomic E-state index is -0.413. The van der Waals surface area contributed by atoms with E-state index in [0.29, 0.717) is 16.6 Å². The van der Waals surface area contributed by atoms with E-state index < -0.39 is 5.97 Å². The van der Waals surface area contributed by atoms with E-state index in [1.165, 1.54) is 0 Å². The van der Waals surface area contributed by atoms with E-state index in [1.54, 1.807) is 30.3 Å². The molecular formula is C23H23N3O3. The van der Waals surface area contributed by atoms with Crippen LogP contribution in [0.2, 0.25) is 0 Å². The molecule has 0 N–H and O–H groups in total. The number of carbonyl (C=O) groups excluding carboxylic acids is 2. The smallest absolute Gasteiger partial charge is 0.338 e. The van der Waals surface area contributed by atoms with Gasteiger partial charge in [-0.15, -0.1) is 0 Å². The van der Waals surface area contributed by atoms with E-state index in [-0.39, 0.29) is 12.5 Å². The molecule has 0 saturated carbocycles. The molecule has 0 unspecified atom stereocenters. The third kappa shape index (κ3) is 4.11. The molecular weight excluding hydrogens is 366 g/mol. The minimum Gasteiger partial charge on any atom is -0.457 e. The largest absolute Gasteiger partial charge is 0.457 e. The van der Waals surface area contributed by atoms with Gasteiger partial charge < -0.3 is 9.64 Å². The zero-order valence-electron chi connectivity index (χ0n) is 16.6. The molecule has 148 valence electrons. The number of nitrogens with zero attached hydrogens (tertiary/aromatic N) is 3. The molecule has 3 aromatic rings. The molecule has 0 spiro atoms. The number of fused-ring (bicyclic) bond motifs is 1. The summed E-state index contributed by atoms with van der Waals surface area (Å²) in [6, 6.07) is 12.4. The Morgan fingerprint density at radius 1 is 0.897 bits per heavy atom. The molecule has 0 bridgehead atoms. The summed E-state index contributed by atoms with van der Waals surface area (Å²) in [5, 5.41) is 0. The van der Waals surface area contributed by atoms with Gasteiger partial charge in [0, 0.05) is 18.7 Å². The van der Waals surface area contributed by atoms with Crippen LogP contribution in [0.3, 0.4) is 0 Å². The van der Waals surface area contributed by atoms with Crippen molar-refractivity contribution in [3.8, 4) is 0 Å². The molecule has 1 saturated heterocycles. The number of amides is 1. The summed E-state index contributed by atoms with van der Waals surface area (Å²) >= 11 is 0. The molecule has 0 aliphatic carbocycles. The number of aryl methyl sites for hydroxylation is 2. The van der Waals surface area contributed by atoms with Gasteiger partial charge in [-0.05, 0) is 62.6 Å². The fourth-order valence-corrected chi connectivity index (χ4v) is 3.44. The number of likely N-dealkylation sites (tertiary alicyclic amines) is 1. The first-order valence-electron chi connectivity index (χ1n) is 9.81. The number of aromatic nitrogens is 2. The second-order valence-corrected chi connectivity index (χ2v) is 7.37. The molecule has 1 aliphatic rings. The number of esters is 1. The lowest BCUT2D eigenvalue weighted by Gasteiger charge is -2.15. The van der Waals surface area contributed by atoms with Gasteiger partial charge in [0.15, 0.2) is 0 Å². The van der Waals surface area contributed by atoms with Gasteiger partial charge in [-0.25, -0.2) is 14.8 Å². The van der Waals surface area contributed by atoms with Gasteiger partial charge in [0.2, 0.25) is 0 Å².